The third-order valence-electron chi connectivity index (χ3n) is 5.71. The van der Waals surface area contributed by atoms with Crippen LogP contribution in [0.25, 0.3) is 0 Å². The Morgan fingerprint density at radius 2 is 1.78 bits per heavy atom. The molecule has 0 aromatic rings. The fourth-order valence-electron chi connectivity index (χ4n) is 3.65. The smallest absolute Gasteiger partial charge is 0.309 e. The minimum Gasteiger partial charge on any atom is -0.462 e. The van der Waals surface area contributed by atoms with Crippen molar-refractivity contribution in [3.8, 4) is 0 Å². The Kier molecular flexibility index (Phi) is 3.50. The van der Waals surface area contributed by atoms with E-state index in [0.717, 1.165) is 18.3 Å². The molecule has 0 heterocycles. The Hall–Kier alpha value is -0.530. The normalized spacial score (nSPS) is 40.9. The summed E-state index contributed by atoms with van der Waals surface area (Å²) in [6, 6.07) is 0. The maximum Gasteiger partial charge on any atom is 0.309 e. The monoisotopic (exact) mass is 252 g/mol. The fourth-order valence-corrected chi connectivity index (χ4v) is 3.65. The summed E-state index contributed by atoms with van der Waals surface area (Å²) >= 11 is 0. The third-order valence-corrected chi connectivity index (χ3v) is 5.71. The average Bonchev–Trinajstić information content (AvgIpc) is 2.79. The molecule has 0 spiro atoms. The Balaban J connectivity index is 1.96. The van der Waals surface area contributed by atoms with Crippen molar-refractivity contribution in [2.45, 2.75) is 60.5 Å². The van der Waals surface area contributed by atoms with Gasteiger partial charge in [0.05, 0.1) is 5.92 Å². The molecule has 0 aromatic carbocycles. The Labute approximate surface area is 111 Å². The molecular formula is C16H28O2. The molecule has 18 heavy (non-hydrogen) atoms. The van der Waals surface area contributed by atoms with Crippen LogP contribution in [0.2, 0.25) is 0 Å². The first kappa shape index (κ1) is 13.9. The number of hydrogen-bond acceptors (Lipinski definition) is 2. The highest BCUT2D eigenvalue weighted by Crippen LogP contribution is 2.55. The molecule has 104 valence electrons. The lowest BCUT2D eigenvalue weighted by atomic mass is 9.76. The summed E-state index contributed by atoms with van der Waals surface area (Å²) in [6.45, 7) is 13.0. The van der Waals surface area contributed by atoms with E-state index < -0.39 is 0 Å². The molecule has 0 saturated heterocycles. The quantitative estimate of drug-likeness (QED) is 0.697. The maximum absolute atomic E-state index is 12.3. The van der Waals surface area contributed by atoms with Gasteiger partial charge in [0.15, 0.2) is 0 Å². The Bertz CT molecular complexity index is 326. The molecule has 0 N–H and O–H groups in total. The van der Waals surface area contributed by atoms with E-state index >= 15 is 0 Å². The van der Waals surface area contributed by atoms with Crippen molar-refractivity contribution in [1.29, 1.82) is 0 Å². The van der Waals surface area contributed by atoms with Crippen LogP contribution in [0.3, 0.4) is 0 Å². The molecule has 2 nitrogen and oxygen atoms in total. The standard InChI is InChI=1S/C16H28O2/c1-9-10(2)13-7-12(9)8-14(13)15(17)18-11(3)16(4,5)6/h9-14H,7-8H2,1-6H3. The van der Waals surface area contributed by atoms with Gasteiger partial charge in [-0.3, -0.25) is 4.79 Å². The molecule has 2 aliphatic carbocycles. The van der Waals surface area contributed by atoms with Crippen LogP contribution < -0.4 is 0 Å². The lowest BCUT2D eigenvalue weighted by molar-refractivity contribution is -0.161. The summed E-state index contributed by atoms with van der Waals surface area (Å²) in [4.78, 5) is 12.3. The van der Waals surface area contributed by atoms with Crippen LogP contribution in [-0.2, 0) is 9.53 Å². The van der Waals surface area contributed by atoms with E-state index in [-0.39, 0.29) is 23.4 Å². The van der Waals surface area contributed by atoms with Crippen molar-refractivity contribution in [2.75, 3.05) is 0 Å². The molecule has 6 atom stereocenters. The van der Waals surface area contributed by atoms with Gasteiger partial charge in [0.2, 0.25) is 0 Å². The number of carbonyl (C=O) groups is 1. The van der Waals surface area contributed by atoms with Gasteiger partial charge >= 0.3 is 5.97 Å². The minimum atomic E-state index is -0.00291. The molecule has 2 aliphatic rings. The lowest BCUT2D eigenvalue weighted by Gasteiger charge is -2.33. The zero-order valence-corrected chi connectivity index (χ0v) is 12.7. The second-order valence-electron chi connectivity index (χ2n) is 7.67. The van der Waals surface area contributed by atoms with Crippen LogP contribution >= 0.6 is 0 Å². The third kappa shape index (κ3) is 2.31. The van der Waals surface area contributed by atoms with E-state index in [0.29, 0.717) is 11.8 Å². The van der Waals surface area contributed by atoms with Crippen LogP contribution in [0.5, 0.6) is 0 Å². The highest BCUT2D eigenvalue weighted by molar-refractivity contribution is 5.73. The van der Waals surface area contributed by atoms with Crippen molar-refractivity contribution < 1.29 is 9.53 Å². The molecule has 2 bridgehead atoms. The SMILES string of the molecule is CC1C2CC(C(=O)OC(C)C(C)(C)C)C(C2)C1C. The van der Waals surface area contributed by atoms with E-state index in [1.165, 1.54) is 6.42 Å². The highest BCUT2D eigenvalue weighted by Gasteiger charge is 2.52. The molecule has 2 fully saturated rings. The van der Waals surface area contributed by atoms with Gasteiger partial charge in [-0.2, -0.15) is 0 Å². The molecule has 0 aromatic heterocycles. The van der Waals surface area contributed by atoms with E-state index in [4.69, 9.17) is 4.74 Å². The van der Waals surface area contributed by atoms with Crippen molar-refractivity contribution in [3.63, 3.8) is 0 Å². The van der Waals surface area contributed by atoms with Gasteiger partial charge in [-0.15, -0.1) is 0 Å². The van der Waals surface area contributed by atoms with Crippen LogP contribution in [0.4, 0.5) is 0 Å². The number of rotatable bonds is 2. The van der Waals surface area contributed by atoms with Crippen molar-refractivity contribution >= 4 is 5.97 Å². The molecule has 2 rings (SSSR count). The Morgan fingerprint density at radius 1 is 1.17 bits per heavy atom. The number of ether oxygens (including phenoxy) is 1. The first-order valence-corrected chi connectivity index (χ1v) is 7.42. The number of carbonyl (C=O) groups excluding carboxylic acids is 1. The molecular weight excluding hydrogens is 224 g/mol. The van der Waals surface area contributed by atoms with Crippen LogP contribution in [0.1, 0.15) is 54.4 Å². The zero-order chi connectivity index (χ0) is 13.7. The summed E-state index contributed by atoms with van der Waals surface area (Å²) in [5.41, 5.74) is 0.0339. The molecule has 6 unspecified atom stereocenters. The number of fused-ring (bicyclic) bond motifs is 2. The van der Waals surface area contributed by atoms with Crippen molar-refractivity contribution in [1.82, 2.24) is 0 Å². The van der Waals surface area contributed by atoms with Crippen molar-refractivity contribution in [3.05, 3.63) is 0 Å². The second kappa shape index (κ2) is 4.54. The first-order chi connectivity index (χ1) is 8.21. The predicted octanol–water partition coefficient (Wildman–Crippen LogP) is 3.89. The van der Waals surface area contributed by atoms with Gasteiger partial charge in [0.25, 0.3) is 0 Å². The van der Waals surface area contributed by atoms with Gasteiger partial charge in [-0.25, -0.2) is 0 Å². The summed E-state index contributed by atoms with van der Waals surface area (Å²) in [7, 11) is 0. The summed E-state index contributed by atoms with van der Waals surface area (Å²) in [5.74, 6) is 3.04. The topological polar surface area (TPSA) is 26.3 Å². The van der Waals surface area contributed by atoms with Crippen LogP contribution in [0.15, 0.2) is 0 Å². The fraction of sp³-hybridized carbons (Fsp3) is 0.938. The molecule has 0 radical (unpaired) electrons. The van der Waals surface area contributed by atoms with E-state index in [9.17, 15) is 4.79 Å². The van der Waals surface area contributed by atoms with Gasteiger partial charge in [-0.05, 0) is 48.9 Å². The van der Waals surface area contributed by atoms with Gasteiger partial charge < -0.3 is 4.74 Å². The Morgan fingerprint density at radius 3 is 2.22 bits per heavy atom. The van der Waals surface area contributed by atoms with E-state index in [1.54, 1.807) is 0 Å². The number of hydrogen-bond donors (Lipinski definition) is 0. The van der Waals surface area contributed by atoms with Crippen LogP contribution in [0, 0.1) is 35.0 Å². The minimum absolute atomic E-state index is 0.00291. The van der Waals surface area contributed by atoms with Gasteiger partial charge in [0, 0.05) is 0 Å². The largest absolute Gasteiger partial charge is 0.462 e. The van der Waals surface area contributed by atoms with Crippen molar-refractivity contribution in [2.24, 2.45) is 35.0 Å². The maximum atomic E-state index is 12.3. The summed E-state index contributed by atoms with van der Waals surface area (Å²) in [6.07, 6.45) is 2.30. The number of esters is 1. The predicted molar refractivity (Wildman–Crippen MR) is 73.0 cm³/mol. The first-order valence-electron chi connectivity index (χ1n) is 7.42. The van der Waals surface area contributed by atoms with Crippen LogP contribution in [-0.4, -0.2) is 12.1 Å². The van der Waals surface area contributed by atoms with E-state index in [1.807, 2.05) is 6.92 Å². The van der Waals surface area contributed by atoms with Gasteiger partial charge in [-0.1, -0.05) is 34.6 Å². The molecule has 2 heteroatoms. The summed E-state index contributed by atoms with van der Waals surface area (Å²) in [5, 5.41) is 0. The lowest BCUT2D eigenvalue weighted by Crippen LogP contribution is -2.35. The van der Waals surface area contributed by atoms with Gasteiger partial charge in [0.1, 0.15) is 6.10 Å². The molecule has 0 aliphatic heterocycles. The average molecular weight is 252 g/mol. The van der Waals surface area contributed by atoms with E-state index in [2.05, 4.69) is 34.6 Å². The highest BCUT2D eigenvalue weighted by atomic mass is 16.5. The second-order valence-corrected chi connectivity index (χ2v) is 7.67. The summed E-state index contributed by atoms with van der Waals surface area (Å²) < 4.78 is 5.70. The molecule has 2 saturated carbocycles. The zero-order valence-electron chi connectivity index (χ0n) is 12.7. The molecule has 0 amide bonds.